The van der Waals surface area contributed by atoms with Crippen molar-refractivity contribution in [2.75, 3.05) is 9.80 Å². The number of nitrogens with zero attached hydrogens (tertiary/aromatic N) is 2. The van der Waals surface area contributed by atoms with E-state index in [1.165, 1.54) is 22.3 Å². The van der Waals surface area contributed by atoms with Crippen molar-refractivity contribution in [2.45, 2.75) is 19.3 Å². The second-order valence-electron chi connectivity index (χ2n) is 15.5. The van der Waals surface area contributed by atoms with Crippen molar-refractivity contribution in [3.63, 3.8) is 0 Å². The van der Waals surface area contributed by atoms with Crippen LogP contribution in [0.25, 0.3) is 44.5 Å². The number of hydrogen-bond donors (Lipinski definition) is 0. The van der Waals surface area contributed by atoms with Gasteiger partial charge in [-0.15, -0.1) is 0 Å². The molecule has 2 nitrogen and oxygen atoms in total. The van der Waals surface area contributed by atoms with Crippen LogP contribution in [0.15, 0.2) is 230 Å². The van der Waals surface area contributed by atoms with Gasteiger partial charge in [0.25, 0.3) is 0 Å². The molecule has 0 saturated heterocycles. The average molecular weight is 762 g/mol. The second kappa shape index (κ2) is 15.2. The lowest BCUT2D eigenvalue weighted by molar-refractivity contribution is 0.660. The predicted molar refractivity (Wildman–Crippen MR) is 250 cm³/mol. The molecule has 0 heterocycles. The first kappa shape index (κ1) is 30.7. The van der Waals surface area contributed by atoms with E-state index in [4.69, 9.17) is 6.85 Å². The first-order valence-corrected chi connectivity index (χ1v) is 20.0. The molecule has 0 unspecified atom stereocenters. The molecule has 0 fully saturated rings. The first-order chi connectivity index (χ1) is 31.1. The van der Waals surface area contributed by atoms with Crippen molar-refractivity contribution in [3.8, 4) is 44.5 Å². The Kier molecular flexibility index (Phi) is 7.88. The molecule has 0 N–H and O–H groups in total. The zero-order valence-electron chi connectivity index (χ0n) is 37.9. The summed E-state index contributed by atoms with van der Waals surface area (Å²) in [5, 5.41) is 0. The highest BCUT2D eigenvalue weighted by Crippen LogP contribution is 2.50. The highest BCUT2D eigenvalue weighted by atomic mass is 15.1. The Labute approximate surface area is 355 Å². The molecule has 282 valence electrons. The van der Waals surface area contributed by atoms with Gasteiger partial charge < -0.3 is 9.80 Å². The van der Waals surface area contributed by atoms with Crippen molar-refractivity contribution in [1.82, 2.24) is 0 Å². The zero-order chi connectivity index (χ0) is 44.1. The second-order valence-corrected chi connectivity index (χ2v) is 15.5. The molecule has 59 heavy (non-hydrogen) atoms. The summed E-state index contributed by atoms with van der Waals surface area (Å²) in [7, 11) is 0. The normalized spacial score (nSPS) is 13.6. The fourth-order valence-corrected chi connectivity index (χ4v) is 8.51. The van der Waals surface area contributed by atoms with Crippen molar-refractivity contribution in [1.29, 1.82) is 0 Å². The minimum absolute atomic E-state index is 0.102. The van der Waals surface area contributed by atoms with Gasteiger partial charge in [-0.05, 0) is 128 Å². The van der Waals surface area contributed by atoms with Crippen LogP contribution < -0.4 is 9.80 Å². The summed E-state index contributed by atoms with van der Waals surface area (Å²) in [5.74, 6) is 0. The van der Waals surface area contributed by atoms with Crippen LogP contribution in [0.2, 0.25) is 0 Å². The van der Waals surface area contributed by atoms with Gasteiger partial charge in [0.2, 0.25) is 0 Å². The summed E-state index contributed by atoms with van der Waals surface area (Å²) in [6.07, 6.45) is 0. The van der Waals surface area contributed by atoms with Crippen LogP contribution in [-0.2, 0) is 5.41 Å². The Morgan fingerprint density at radius 2 is 0.678 bits per heavy atom. The Morgan fingerprint density at radius 1 is 0.322 bits per heavy atom. The van der Waals surface area contributed by atoms with E-state index in [1.54, 1.807) is 4.90 Å². The quantitative estimate of drug-likeness (QED) is 0.145. The standard InChI is InChI=1S/C57H44N2/c1-57(2)55-21-13-12-20-53(55)54-39-38-52(40-56(54)57)59(47-18-10-5-11-19-47)51-36-28-46(29-37-51)45-26-34-50(35-27-45)58(48-30-22-43(23-31-48)41-14-6-3-7-15-41)49-32-24-44(25-33-49)42-16-8-4-9-17-42/h3-40H,1-2H3/i5D,10D,11D,18D,19D. The summed E-state index contributed by atoms with van der Waals surface area (Å²) in [4.78, 5) is 4.07. The number of benzene rings is 9. The molecule has 9 aromatic rings. The number of rotatable bonds is 9. The van der Waals surface area contributed by atoms with Crippen molar-refractivity contribution in [3.05, 3.63) is 242 Å². The molecule has 0 amide bonds. The van der Waals surface area contributed by atoms with Gasteiger partial charge in [0, 0.05) is 39.5 Å². The lowest BCUT2D eigenvalue weighted by Gasteiger charge is -2.28. The van der Waals surface area contributed by atoms with Crippen LogP contribution in [0.4, 0.5) is 34.1 Å². The van der Waals surface area contributed by atoms with E-state index in [0.29, 0.717) is 11.4 Å². The number of hydrogen-bond acceptors (Lipinski definition) is 2. The maximum Gasteiger partial charge on any atom is 0.0645 e. The Balaban J connectivity index is 1.01. The molecule has 1 aliphatic rings. The molecule has 2 heteroatoms. The van der Waals surface area contributed by atoms with Gasteiger partial charge in [-0.2, -0.15) is 0 Å². The number of para-hydroxylation sites is 1. The fourth-order valence-electron chi connectivity index (χ4n) is 8.51. The molecule has 0 bridgehead atoms. The van der Waals surface area contributed by atoms with E-state index in [0.717, 1.165) is 50.4 Å². The predicted octanol–water partition coefficient (Wildman–Crippen LogP) is 15.9. The van der Waals surface area contributed by atoms with Gasteiger partial charge in [-0.3, -0.25) is 0 Å². The molecular formula is C57H44N2. The Bertz CT molecular complexity index is 3040. The lowest BCUT2D eigenvalue weighted by Crippen LogP contribution is -2.16. The van der Waals surface area contributed by atoms with Gasteiger partial charge in [0.1, 0.15) is 0 Å². The first-order valence-electron chi connectivity index (χ1n) is 22.5. The smallest absolute Gasteiger partial charge is 0.0645 e. The highest BCUT2D eigenvalue weighted by Gasteiger charge is 2.35. The van der Waals surface area contributed by atoms with Gasteiger partial charge in [-0.1, -0.05) is 172 Å². The molecule has 0 radical (unpaired) electrons. The molecule has 0 spiro atoms. The molecular weight excluding hydrogens is 713 g/mol. The minimum Gasteiger partial charge on any atom is -0.311 e. The van der Waals surface area contributed by atoms with Crippen LogP contribution in [0, 0.1) is 0 Å². The van der Waals surface area contributed by atoms with E-state index >= 15 is 0 Å². The monoisotopic (exact) mass is 761 g/mol. The van der Waals surface area contributed by atoms with Crippen LogP contribution in [0.1, 0.15) is 31.8 Å². The van der Waals surface area contributed by atoms with Gasteiger partial charge >= 0.3 is 0 Å². The third kappa shape index (κ3) is 6.79. The van der Waals surface area contributed by atoms with Crippen LogP contribution >= 0.6 is 0 Å². The minimum atomic E-state index is -0.421. The lowest BCUT2D eigenvalue weighted by atomic mass is 9.82. The summed E-state index contributed by atoms with van der Waals surface area (Å²) in [6, 6.07) is 67.6. The SMILES string of the molecule is [2H]c1c([2H])c([2H])c(N(c2ccc(-c3ccc(N(c4ccc(-c5ccccc5)cc4)c4ccc(-c5ccccc5)cc4)cc3)cc2)c2ccc3c(c2)C(C)(C)c2ccccc2-3)c([2H])c1[2H]. The molecule has 0 aromatic heterocycles. The molecule has 0 saturated carbocycles. The highest BCUT2D eigenvalue weighted by molar-refractivity contribution is 5.86. The fraction of sp³-hybridized carbons (Fsp3) is 0.0526. The van der Waals surface area contributed by atoms with Gasteiger partial charge in [0.05, 0.1) is 6.85 Å². The topological polar surface area (TPSA) is 6.48 Å². The van der Waals surface area contributed by atoms with Crippen LogP contribution in [-0.4, -0.2) is 0 Å². The Hall–Kier alpha value is -7.42. The van der Waals surface area contributed by atoms with Crippen molar-refractivity contribution < 1.29 is 6.85 Å². The van der Waals surface area contributed by atoms with Crippen LogP contribution in [0.3, 0.4) is 0 Å². The van der Waals surface area contributed by atoms with Crippen LogP contribution in [0.5, 0.6) is 0 Å². The molecule has 1 aliphatic carbocycles. The summed E-state index contributed by atoms with van der Waals surface area (Å²) in [5.41, 5.74) is 15.6. The van der Waals surface area contributed by atoms with Gasteiger partial charge in [0.15, 0.2) is 0 Å². The maximum atomic E-state index is 9.04. The number of fused-ring (bicyclic) bond motifs is 3. The zero-order valence-corrected chi connectivity index (χ0v) is 32.9. The molecule has 0 atom stereocenters. The van der Waals surface area contributed by atoms with E-state index in [2.05, 4.69) is 176 Å². The van der Waals surface area contributed by atoms with Crippen molar-refractivity contribution in [2.24, 2.45) is 0 Å². The third-order valence-electron chi connectivity index (χ3n) is 11.6. The van der Waals surface area contributed by atoms with E-state index in [9.17, 15) is 0 Å². The third-order valence-corrected chi connectivity index (χ3v) is 11.6. The van der Waals surface area contributed by atoms with E-state index in [-0.39, 0.29) is 35.3 Å². The molecule has 9 aromatic carbocycles. The molecule has 10 rings (SSSR count). The van der Waals surface area contributed by atoms with Gasteiger partial charge in [-0.25, -0.2) is 0 Å². The molecule has 0 aliphatic heterocycles. The maximum absolute atomic E-state index is 9.04. The summed E-state index contributed by atoms with van der Waals surface area (Å²) < 4.78 is 43.6. The average Bonchev–Trinajstić information content (AvgIpc) is 3.58. The van der Waals surface area contributed by atoms with E-state index in [1.807, 2.05) is 42.5 Å². The summed E-state index contributed by atoms with van der Waals surface area (Å²) in [6.45, 7) is 4.41. The van der Waals surface area contributed by atoms with Crippen molar-refractivity contribution >= 4 is 34.1 Å². The Morgan fingerprint density at radius 3 is 1.14 bits per heavy atom. The van der Waals surface area contributed by atoms with E-state index < -0.39 is 6.04 Å². The summed E-state index contributed by atoms with van der Waals surface area (Å²) >= 11 is 0. The number of anilines is 6. The largest absolute Gasteiger partial charge is 0.311 e.